The van der Waals surface area contributed by atoms with Crippen molar-refractivity contribution in [1.82, 2.24) is 14.5 Å². The normalized spacial score (nSPS) is 23.2. The van der Waals surface area contributed by atoms with Crippen LogP contribution in [0.15, 0.2) is 29.2 Å². The number of fused-ring (bicyclic) bond motifs is 1. The molecular weight excluding hydrogens is 523 g/mol. The average molecular weight is 554 g/mol. The average Bonchev–Trinajstić information content (AvgIpc) is 3.21. The van der Waals surface area contributed by atoms with E-state index < -0.39 is 9.84 Å². The van der Waals surface area contributed by atoms with Gasteiger partial charge in [0.25, 0.3) is 0 Å². The number of benzene rings is 1. The van der Waals surface area contributed by atoms with Gasteiger partial charge in [-0.1, -0.05) is 29.3 Å². The number of hydrogen-bond donors (Lipinski definition) is 1. The van der Waals surface area contributed by atoms with E-state index in [-0.39, 0.29) is 22.9 Å². The van der Waals surface area contributed by atoms with Crippen molar-refractivity contribution in [3.05, 3.63) is 45.8 Å². The number of halogens is 2. The SMILES string of the molecule is CS(=O)(=O)c1cc(C2CC(CCc3nc4c(Cl)cc(Cl)nc4n3C3CCCCO3)CCO2)ccc1N. The molecule has 4 heterocycles. The third kappa shape index (κ3) is 5.36. The second kappa shape index (κ2) is 10.5. The molecule has 3 atom stereocenters. The molecule has 0 aliphatic carbocycles. The predicted octanol–water partition coefficient (Wildman–Crippen LogP) is 5.52. The third-order valence-corrected chi connectivity index (χ3v) is 8.70. The number of nitrogens with two attached hydrogens (primary N) is 1. The van der Waals surface area contributed by atoms with Gasteiger partial charge in [-0.05, 0) is 68.2 Å². The van der Waals surface area contributed by atoms with Gasteiger partial charge in [-0.25, -0.2) is 18.4 Å². The van der Waals surface area contributed by atoms with E-state index in [1.807, 2.05) is 6.07 Å². The highest BCUT2D eigenvalue weighted by atomic mass is 35.5. The van der Waals surface area contributed by atoms with Crippen LogP contribution in [0.5, 0.6) is 0 Å². The Labute approximate surface area is 221 Å². The molecule has 3 aromatic rings. The van der Waals surface area contributed by atoms with Gasteiger partial charge in [0.2, 0.25) is 0 Å². The highest BCUT2D eigenvalue weighted by Gasteiger charge is 2.28. The van der Waals surface area contributed by atoms with Crippen molar-refractivity contribution >= 4 is 49.9 Å². The summed E-state index contributed by atoms with van der Waals surface area (Å²) >= 11 is 12.7. The first-order chi connectivity index (χ1) is 17.2. The number of imidazole rings is 1. The lowest BCUT2D eigenvalue weighted by Crippen LogP contribution is -2.23. The molecule has 8 nitrogen and oxygen atoms in total. The molecule has 2 aliphatic rings. The molecule has 0 radical (unpaired) electrons. The first kappa shape index (κ1) is 25.7. The van der Waals surface area contributed by atoms with Gasteiger partial charge >= 0.3 is 0 Å². The van der Waals surface area contributed by atoms with Crippen molar-refractivity contribution in [3.8, 4) is 0 Å². The summed E-state index contributed by atoms with van der Waals surface area (Å²) in [5.74, 6) is 1.28. The van der Waals surface area contributed by atoms with Gasteiger partial charge < -0.3 is 15.2 Å². The predicted molar refractivity (Wildman–Crippen MR) is 140 cm³/mol. The molecule has 11 heteroatoms. The standard InChI is InChI=1S/C25H30Cl2N4O4S/c1-36(32,33)20-13-16(6-7-18(20)28)19-12-15(9-11-34-19)5-8-22-30-24-17(26)14-21(27)29-25(24)31(22)23-4-2-3-10-35-23/h6-7,13-15,19,23H,2-5,8-12,28H2,1H3. The van der Waals surface area contributed by atoms with E-state index in [1.165, 1.54) is 6.26 Å². The van der Waals surface area contributed by atoms with Gasteiger partial charge in [-0.3, -0.25) is 4.57 Å². The lowest BCUT2D eigenvalue weighted by molar-refractivity contribution is -0.0320. The Hall–Kier alpha value is -1.91. The molecule has 2 N–H and O–H groups in total. The maximum absolute atomic E-state index is 12.1. The van der Waals surface area contributed by atoms with Crippen molar-refractivity contribution in [2.24, 2.45) is 5.92 Å². The molecule has 2 aromatic heterocycles. The third-order valence-electron chi connectivity index (χ3n) is 7.06. The van der Waals surface area contributed by atoms with E-state index in [4.69, 9.17) is 43.4 Å². The van der Waals surface area contributed by atoms with Gasteiger partial charge in [0.1, 0.15) is 22.7 Å². The van der Waals surface area contributed by atoms with Crippen LogP contribution in [0.3, 0.4) is 0 Å². The Morgan fingerprint density at radius 3 is 2.69 bits per heavy atom. The van der Waals surface area contributed by atoms with Gasteiger partial charge in [0.05, 0.1) is 21.7 Å². The Morgan fingerprint density at radius 1 is 1.11 bits per heavy atom. The summed E-state index contributed by atoms with van der Waals surface area (Å²) in [7, 11) is -3.42. The van der Waals surface area contributed by atoms with Crippen LogP contribution in [0.2, 0.25) is 10.2 Å². The maximum Gasteiger partial charge on any atom is 0.177 e. The van der Waals surface area contributed by atoms with Crippen LogP contribution in [-0.4, -0.2) is 42.4 Å². The zero-order valence-corrected chi connectivity index (χ0v) is 22.4. The van der Waals surface area contributed by atoms with E-state index in [9.17, 15) is 8.42 Å². The van der Waals surface area contributed by atoms with Crippen molar-refractivity contribution < 1.29 is 17.9 Å². The van der Waals surface area contributed by atoms with E-state index in [1.54, 1.807) is 18.2 Å². The number of rotatable bonds is 6. The fourth-order valence-corrected chi connectivity index (χ4v) is 6.54. The number of pyridine rings is 1. The first-order valence-corrected chi connectivity index (χ1v) is 14.9. The van der Waals surface area contributed by atoms with Crippen LogP contribution in [0, 0.1) is 5.92 Å². The molecular formula is C25H30Cl2N4O4S. The molecule has 36 heavy (non-hydrogen) atoms. The zero-order chi connectivity index (χ0) is 25.4. The largest absolute Gasteiger partial charge is 0.398 e. The Morgan fingerprint density at radius 2 is 1.94 bits per heavy atom. The van der Waals surface area contributed by atoms with Crippen LogP contribution in [0.4, 0.5) is 5.69 Å². The van der Waals surface area contributed by atoms with E-state index in [0.29, 0.717) is 40.5 Å². The number of hydrogen-bond acceptors (Lipinski definition) is 7. The number of anilines is 1. The second-order valence-electron chi connectivity index (χ2n) is 9.68. The lowest BCUT2D eigenvalue weighted by atomic mass is 9.88. The smallest absolute Gasteiger partial charge is 0.177 e. The molecule has 2 saturated heterocycles. The van der Waals surface area contributed by atoms with Crippen LogP contribution < -0.4 is 5.73 Å². The molecule has 3 unspecified atom stereocenters. The minimum atomic E-state index is -3.42. The number of sulfone groups is 1. The van der Waals surface area contributed by atoms with Crippen LogP contribution >= 0.6 is 23.2 Å². The molecule has 2 fully saturated rings. The summed E-state index contributed by atoms with van der Waals surface area (Å²) in [5.41, 5.74) is 8.31. The quantitative estimate of drug-likeness (QED) is 0.316. The topological polar surface area (TPSA) is 109 Å². The van der Waals surface area contributed by atoms with E-state index in [2.05, 4.69) is 9.55 Å². The number of aryl methyl sites for hydroxylation is 1. The molecule has 194 valence electrons. The maximum atomic E-state index is 12.1. The molecule has 5 rings (SSSR count). The Kier molecular flexibility index (Phi) is 7.47. The minimum Gasteiger partial charge on any atom is -0.398 e. The second-order valence-corrected chi connectivity index (χ2v) is 12.5. The molecule has 0 amide bonds. The Balaban J connectivity index is 1.36. The zero-order valence-electron chi connectivity index (χ0n) is 20.1. The van der Waals surface area contributed by atoms with Crippen LogP contribution in [0.25, 0.3) is 11.2 Å². The Bertz CT molecular complexity index is 1370. The summed E-state index contributed by atoms with van der Waals surface area (Å²) < 4.78 is 38.4. The molecule has 2 aliphatic heterocycles. The summed E-state index contributed by atoms with van der Waals surface area (Å²) in [6.07, 6.45) is 7.22. The minimum absolute atomic E-state index is 0.132. The van der Waals surface area contributed by atoms with Crippen molar-refractivity contribution in [2.75, 3.05) is 25.2 Å². The van der Waals surface area contributed by atoms with Crippen molar-refractivity contribution in [3.63, 3.8) is 0 Å². The fourth-order valence-electron chi connectivity index (χ4n) is 5.21. The summed E-state index contributed by atoms with van der Waals surface area (Å²) in [5, 5.41) is 0.817. The number of nitrogens with zero attached hydrogens (tertiary/aromatic N) is 3. The molecule has 0 bridgehead atoms. The van der Waals surface area contributed by atoms with E-state index >= 15 is 0 Å². The first-order valence-electron chi connectivity index (χ1n) is 12.3. The fraction of sp³-hybridized carbons (Fsp3) is 0.520. The summed E-state index contributed by atoms with van der Waals surface area (Å²) in [6.45, 7) is 1.32. The summed E-state index contributed by atoms with van der Waals surface area (Å²) in [4.78, 5) is 9.54. The van der Waals surface area contributed by atoms with Gasteiger partial charge in [-0.15, -0.1) is 0 Å². The van der Waals surface area contributed by atoms with Gasteiger partial charge in [-0.2, -0.15) is 0 Å². The van der Waals surface area contributed by atoms with Gasteiger partial charge in [0.15, 0.2) is 15.5 Å². The highest BCUT2D eigenvalue weighted by molar-refractivity contribution is 7.90. The highest BCUT2D eigenvalue weighted by Crippen LogP contribution is 2.37. The number of aromatic nitrogens is 3. The van der Waals surface area contributed by atoms with E-state index in [0.717, 1.165) is 56.3 Å². The van der Waals surface area contributed by atoms with Crippen LogP contribution in [0.1, 0.15) is 62.2 Å². The monoisotopic (exact) mass is 552 g/mol. The lowest BCUT2D eigenvalue weighted by Gasteiger charge is -2.30. The van der Waals surface area contributed by atoms with Crippen LogP contribution in [-0.2, 0) is 25.7 Å². The number of nitrogen functional groups attached to an aromatic ring is 1. The molecule has 0 saturated carbocycles. The van der Waals surface area contributed by atoms with Crippen molar-refractivity contribution in [1.29, 1.82) is 0 Å². The van der Waals surface area contributed by atoms with Crippen molar-refractivity contribution in [2.45, 2.75) is 62.2 Å². The molecule has 0 spiro atoms. The summed E-state index contributed by atoms with van der Waals surface area (Å²) in [6, 6.07) is 6.77. The van der Waals surface area contributed by atoms with Gasteiger partial charge in [0, 0.05) is 25.9 Å². The number of ether oxygens (including phenoxy) is 2. The molecule has 1 aromatic carbocycles.